The minimum atomic E-state index is 0.467. The van der Waals surface area contributed by atoms with Crippen LogP contribution in [0.3, 0.4) is 0 Å². The van der Waals surface area contributed by atoms with E-state index in [4.69, 9.17) is 14.4 Å². The van der Waals surface area contributed by atoms with Crippen LogP contribution in [0.15, 0.2) is 226 Å². The van der Waals surface area contributed by atoms with E-state index in [2.05, 4.69) is 156 Å². The van der Waals surface area contributed by atoms with Gasteiger partial charge in [0.1, 0.15) is 11.2 Å². The molecule has 0 unspecified atom stereocenters. The predicted molar refractivity (Wildman–Crippen MR) is 238 cm³/mol. The normalized spacial score (nSPS) is 11.9. The number of furan rings is 1. The fourth-order valence-corrected chi connectivity index (χ4v) is 7.18. The Balaban J connectivity index is 1.12. The summed E-state index contributed by atoms with van der Waals surface area (Å²) in [6.07, 6.45) is 0. The molecule has 0 amide bonds. The van der Waals surface area contributed by atoms with Crippen LogP contribution < -0.4 is 4.90 Å². The molecule has 5 nitrogen and oxygen atoms in total. The van der Waals surface area contributed by atoms with Crippen molar-refractivity contribution in [2.45, 2.75) is 6.54 Å². The molecule has 9 aromatic rings. The Hall–Kier alpha value is -7.63. The molecular formula is C52H38N4O. The first kappa shape index (κ1) is 35.1. The first-order valence-corrected chi connectivity index (χ1v) is 19.0. The van der Waals surface area contributed by atoms with Gasteiger partial charge in [-0.3, -0.25) is 4.99 Å². The third-order valence-electron chi connectivity index (χ3n) is 10.1. The molecule has 0 N–H and O–H groups in total. The van der Waals surface area contributed by atoms with E-state index in [1.807, 2.05) is 66.7 Å². The van der Waals surface area contributed by atoms with E-state index in [0.29, 0.717) is 18.2 Å². The number of hydrogen-bond acceptors (Lipinski definition) is 3. The van der Waals surface area contributed by atoms with Gasteiger partial charge in [-0.1, -0.05) is 152 Å². The van der Waals surface area contributed by atoms with Crippen LogP contribution in [-0.2, 0) is 6.54 Å². The molecule has 1 aromatic heterocycles. The van der Waals surface area contributed by atoms with Crippen LogP contribution in [0.2, 0.25) is 0 Å². The maximum absolute atomic E-state index is 6.54. The van der Waals surface area contributed by atoms with E-state index in [-0.39, 0.29) is 0 Å². The zero-order valence-electron chi connectivity index (χ0n) is 31.2. The lowest BCUT2D eigenvalue weighted by atomic mass is 10.0. The van der Waals surface area contributed by atoms with Gasteiger partial charge in [-0.2, -0.15) is 0 Å². The maximum atomic E-state index is 6.54. The third-order valence-corrected chi connectivity index (χ3v) is 10.1. The lowest BCUT2D eigenvalue weighted by Crippen LogP contribution is -2.09. The molecule has 0 aliphatic carbocycles. The number of benzene rings is 8. The molecule has 0 fully saturated rings. The van der Waals surface area contributed by atoms with Crippen molar-refractivity contribution in [3.8, 4) is 22.3 Å². The molecule has 0 saturated carbocycles. The van der Waals surface area contributed by atoms with Gasteiger partial charge >= 0.3 is 0 Å². The van der Waals surface area contributed by atoms with Crippen LogP contribution in [0.4, 0.5) is 17.1 Å². The zero-order chi connectivity index (χ0) is 38.4. The van der Waals surface area contributed by atoms with E-state index in [9.17, 15) is 0 Å². The van der Waals surface area contributed by atoms with Crippen molar-refractivity contribution in [1.29, 1.82) is 0 Å². The van der Waals surface area contributed by atoms with Crippen molar-refractivity contribution in [1.82, 2.24) is 0 Å². The van der Waals surface area contributed by atoms with E-state index in [1.54, 1.807) is 0 Å². The van der Waals surface area contributed by atoms with Crippen LogP contribution >= 0.6 is 0 Å². The van der Waals surface area contributed by atoms with Crippen molar-refractivity contribution in [2.75, 3.05) is 4.90 Å². The summed E-state index contributed by atoms with van der Waals surface area (Å²) < 4.78 is 6.54. The molecule has 9 rings (SSSR count). The fraction of sp³-hybridized carbons (Fsp3) is 0.0192. The molecule has 0 spiro atoms. The highest BCUT2D eigenvalue weighted by Gasteiger charge is 2.17. The summed E-state index contributed by atoms with van der Waals surface area (Å²) in [7, 11) is 0. The first-order chi connectivity index (χ1) is 28.2. The molecule has 0 bridgehead atoms. The number of anilines is 3. The zero-order valence-corrected chi connectivity index (χ0v) is 31.2. The Morgan fingerprint density at radius 2 is 0.965 bits per heavy atom. The van der Waals surface area contributed by atoms with Crippen molar-refractivity contribution < 1.29 is 4.42 Å². The van der Waals surface area contributed by atoms with Crippen molar-refractivity contribution in [3.63, 3.8) is 0 Å². The van der Waals surface area contributed by atoms with Gasteiger partial charge < -0.3 is 9.32 Å². The summed E-state index contributed by atoms with van der Waals surface area (Å²) in [5.74, 6) is 1.06. The highest BCUT2D eigenvalue weighted by Crippen LogP contribution is 2.40. The molecule has 0 saturated heterocycles. The second-order valence-corrected chi connectivity index (χ2v) is 13.7. The lowest BCUT2D eigenvalue weighted by molar-refractivity contribution is 0.669. The van der Waals surface area contributed by atoms with E-state index in [0.717, 1.165) is 55.7 Å². The van der Waals surface area contributed by atoms with Gasteiger partial charge in [0, 0.05) is 39.0 Å². The van der Waals surface area contributed by atoms with Gasteiger partial charge in [0.25, 0.3) is 0 Å². The Labute approximate surface area is 332 Å². The summed E-state index contributed by atoms with van der Waals surface area (Å²) in [5.41, 5.74) is 12.2. The molecule has 57 heavy (non-hydrogen) atoms. The van der Waals surface area contributed by atoms with E-state index < -0.39 is 0 Å². The van der Waals surface area contributed by atoms with Gasteiger partial charge in [0.05, 0.1) is 6.54 Å². The van der Waals surface area contributed by atoms with Crippen LogP contribution in [0.25, 0.3) is 44.2 Å². The Kier molecular flexibility index (Phi) is 9.85. The third kappa shape index (κ3) is 7.55. The maximum Gasteiger partial charge on any atom is 0.161 e. The fourth-order valence-electron chi connectivity index (χ4n) is 7.18. The summed E-state index contributed by atoms with van der Waals surface area (Å²) in [6.45, 7) is 4.29. The monoisotopic (exact) mass is 734 g/mol. The summed E-state index contributed by atoms with van der Waals surface area (Å²) >= 11 is 0. The summed E-state index contributed by atoms with van der Waals surface area (Å²) in [5, 5.41) is 2.02. The van der Waals surface area contributed by atoms with Crippen LogP contribution in [-0.4, -0.2) is 18.4 Å². The molecule has 8 aromatic carbocycles. The number of hydrogen-bond donors (Lipinski definition) is 0. The van der Waals surface area contributed by atoms with Gasteiger partial charge in [-0.25, -0.2) is 9.98 Å². The van der Waals surface area contributed by atoms with Crippen LogP contribution in [0.5, 0.6) is 0 Å². The van der Waals surface area contributed by atoms with Crippen molar-refractivity contribution >= 4 is 57.4 Å². The largest absolute Gasteiger partial charge is 0.456 e. The van der Waals surface area contributed by atoms with E-state index >= 15 is 0 Å². The molecule has 1 heterocycles. The standard InChI is InChI=1S/C52H38N4O/c1-53-51(42-20-12-5-13-21-42)55-52(54-36-37-14-6-2-7-15-37)43-26-32-47-48-35-46(31-33-49(48)57-50(47)34-43)56(44-27-22-40(23-28-44)38-16-8-3-9-17-38)45-29-24-41(25-30-45)39-18-10-4-11-19-39/h2-35H,1,36H2. The van der Waals surface area contributed by atoms with Gasteiger partial charge in [-0.15, -0.1) is 0 Å². The van der Waals surface area contributed by atoms with Gasteiger partial charge in [0.15, 0.2) is 11.7 Å². The summed E-state index contributed by atoms with van der Waals surface area (Å²) in [4.78, 5) is 16.5. The second-order valence-electron chi connectivity index (χ2n) is 13.7. The number of nitrogens with zero attached hydrogens (tertiary/aromatic N) is 4. The Bertz CT molecular complexity index is 2760. The Morgan fingerprint density at radius 3 is 1.54 bits per heavy atom. The highest BCUT2D eigenvalue weighted by molar-refractivity contribution is 6.14. The van der Waals surface area contributed by atoms with Gasteiger partial charge in [-0.05, 0) is 89.1 Å². The molecule has 0 aliphatic heterocycles. The highest BCUT2D eigenvalue weighted by atomic mass is 16.3. The van der Waals surface area contributed by atoms with Gasteiger partial charge in [0.2, 0.25) is 0 Å². The average Bonchev–Trinajstić information content (AvgIpc) is 3.66. The quantitative estimate of drug-likeness (QED) is 0.109. The minimum absolute atomic E-state index is 0.467. The molecule has 0 atom stereocenters. The van der Waals surface area contributed by atoms with Crippen molar-refractivity contribution in [2.24, 2.45) is 15.0 Å². The second kappa shape index (κ2) is 16.0. The first-order valence-electron chi connectivity index (χ1n) is 19.0. The van der Waals surface area contributed by atoms with Crippen LogP contribution in [0.1, 0.15) is 16.7 Å². The number of fused-ring (bicyclic) bond motifs is 3. The topological polar surface area (TPSA) is 53.5 Å². The number of aliphatic imine (C=N–C) groups is 3. The summed E-state index contributed by atoms with van der Waals surface area (Å²) in [6, 6.07) is 71.1. The predicted octanol–water partition coefficient (Wildman–Crippen LogP) is 13.5. The minimum Gasteiger partial charge on any atom is -0.456 e. The molecule has 272 valence electrons. The van der Waals surface area contributed by atoms with Crippen LogP contribution in [0, 0.1) is 0 Å². The smallest absolute Gasteiger partial charge is 0.161 e. The molecule has 0 aliphatic rings. The average molecular weight is 735 g/mol. The Morgan fingerprint density at radius 1 is 0.439 bits per heavy atom. The SMILES string of the molecule is C=NC(=NC(=NCc1ccccc1)c1ccc2c(c1)oc1ccc(N(c3ccc(-c4ccccc4)cc3)c3ccc(-c4ccccc4)cc3)cc12)c1ccccc1. The lowest BCUT2D eigenvalue weighted by Gasteiger charge is -2.26. The molecular weight excluding hydrogens is 697 g/mol. The van der Waals surface area contributed by atoms with Crippen molar-refractivity contribution in [3.05, 3.63) is 223 Å². The van der Waals surface area contributed by atoms with E-state index in [1.165, 1.54) is 22.3 Å². The molecule has 0 radical (unpaired) electrons. The molecule has 5 heteroatoms. The number of amidine groups is 2. The number of rotatable bonds is 9.